The molecule has 2 N–H and O–H groups in total. The van der Waals surface area contributed by atoms with E-state index in [1.165, 1.54) is 0 Å². The molecule has 0 saturated heterocycles. The van der Waals surface area contributed by atoms with Gasteiger partial charge in [-0.3, -0.25) is 4.79 Å². The summed E-state index contributed by atoms with van der Waals surface area (Å²) in [5.74, 6) is 0.631. The van der Waals surface area contributed by atoms with Crippen LogP contribution >= 0.6 is 0 Å². The molecule has 112 valence electrons. The van der Waals surface area contributed by atoms with Crippen molar-refractivity contribution in [1.29, 1.82) is 0 Å². The van der Waals surface area contributed by atoms with Crippen molar-refractivity contribution in [2.24, 2.45) is 5.73 Å². The quantitative estimate of drug-likeness (QED) is 0.782. The first-order valence-electron chi connectivity index (χ1n) is 6.78. The molecule has 0 bridgehead atoms. The maximum atomic E-state index is 12.1. The third-order valence-corrected chi connectivity index (χ3v) is 3.00. The Morgan fingerprint density at radius 3 is 2.45 bits per heavy atom. The van der Waals surface area contributed by atoms with Crippen molar-refractivity contribution < 1.29 is 14.3 Å². The molecule has 0 heterocycles. The Labute approximate surface area is 120 Å². The monoisotopic (exact) mass is 280 g/mol. The van der Waals surface area contributed by atoms with Crippen LogP contribution in [0.25, 0.3) is 0 Å². The molecule has 1 rings (SSSR count). The lowest BCUT2D eigenvalue weighted by molar-refractivity contribution is -0.135. The summed E-state index contributed by atoms with van der Waals surface area (Å²) in [6.45, 7) is 5.58. The van der Waals surface area contributed by atoms with E-state index in [1.807, 2.05) is 38.1 Å². The third-order valence-electron chi connectivity index (χ3n) is 3.00. The average molecular weight is 280 g/mol. The minimum absolute atomic E-state index is 0.0316. The number of carbonyl (C=O) groups is 1. The zero-order valence-electron chi connectivity index (χ0n) is 12.5. The molecule has 1 aromatic carbocycles. The molecule has 0 aliphatic rings. The number of hydrogen-bond donors (Lipinski definition) is 1. The van der Waals surface area contributed by atoms with Gasteiger partial charge in [0.15, 0.2) is 6.61 Å². The molecule has 0 aliphatic heterocycles. The van der Waals surface area contributed by atoms with Gasteiger partial charge in [0.1, 0.15) is 5.75 Å². The molecule has 0 fully saturated rings. The van der Waals surface area contributed by atoms with Gasteiger partial charge in [-0.15, -0.1) is 0 Å². The number of ether oxygens (including phenoxy) is 2. The Morgan fingerprint density at radius 1 is 1.30 bits per heavy atom. The first-order valence-corrected chi connectivity index (χ1v) is 6.78. The van der Waals surface area contributed by atoms with E-state index in [0.717, 1.165) is 5.56 Å². The van der Waals surface area contributed by atoms with Gasteiger partial charge >= 0.3 is 0 Å². The van der Waals surface area contributed by atoms with Crippen LogP contribution in [0, 0.1) is 0 Å². The number of nitrogens with two attached hydrogens (primary N) is 1. The van der Waals surface area contributed by atoms with Crippen LogP contribution in [0.5, 0.6) is 5.75 Å². The second-order valence-corrected chi connectivity index (χ2v) is 4.81. The van der Waals surface area contributed by atoms with Crippen LogP contribution in [0.15, 0.2) is 24.3 Å². The lowest BCUT2D eigenvalue weighted by atomic mass is 10.2. The van der Waals surface area contributed by atoms with Crippen molar-refractivity contribution in [3.63, 3.8) is 0 Å². The van der Waals surface area contributed by atoms with E-state index < -0.39 is 0 Å². The first-order chi connectivity index (χ1) is 9.58. The number of rotatable bonds is 8. The summed E-state index contributed by atoms with van der Waals surface area (Å²) in [7, 11) is 1.62. The van der Waals surface area contributed by atoms with Gasteiger partial charge in [0.05, 0.1) is 6.61 Å². The maximum Gasteiger partial charge on any atom is 0.260 e. The number of nitrogens with zero attached hydrogens (tertiary/aromatic N) is 1. The van der Waals surface area contributed by atoms with E-state index in [2.05, 4.69) is 0 Å². The van der Waals surface area contributed by atoms with Crippen LogP contribution in [0.4, 0.5) is 0 Å². The molecule has 0 aliphatic carbocycles. The predicted molar refractivity (Wildman–Crippen MR) is 78.6 cm³/mol. The summed E-state index contributed by atoms with van der Waals surface area (Å²) in [5, 5.41) is 0. The molecule has 20 heavy (non-hydrogen) atoms. The summed E-state index contributed by atoms with van der Waals surface area (Å²) in [5.41, 5.74) is 6.56. The van der Waals surface area contributed by atoms with Crippen molar-refractivity contribution in [2.75, 3.05) is 26.9 Å². The predicted octanol–water partition coefficient (Wildman–Crippen LogP) is 1.41. The van der Waals surface area contributed by atoms with Gasteiger partial charge in [-0.05, 0) is 31.5 Å². The van der Waals surface area contributed by atoms with Crippen molar-refractivity contribution in [3.05, 3.63) is 29.8 Å². The van der Waals surface area contributed by atoms with E-state index >= 15 is 0 Å². The fraction of sp³-hybridized carbons (Fsp3) is 0.533. The molecule has 1 aromatic rings. The summed E-state index contributed by atoms with van der Waals surface area (Å²) in [4.78, 5) is 13.9. The maximum absolute atomic E-state index is 12.1. The number of hydrogen-bond acceptors (Lipinski definition) is 4. The lowest BCUT2D eigenvalue weighted by Crippen LogP contribution is -2.41. The molecule has 5 nitrogen and oxygen atoms in total. The second kappa shape index (κ2) is 8.55. The molecule has 0 unspecified atom stereocenters. The number of methoxy groups -OCH3 is 1. The minimum Gasteiger partial charge on any atom is -0.484 e. The minimum atomic E-state index is -0.0417. The highest BCUT2D eigenvalue weighted by molar-refractivity contribution is 5.78. The molecule has 0 radical (unpaired) electrons. The summed E-state index contributed by atoms with van der Waals surface area (Å²) < 4.78 is 10.5. The van der Waals surface area contributed by atoms with Gasteiger partial charge in [0, 0.05) is 26.2 Å². The van der Waals surface area contributed by atoms with Crippen molar-refractivity contribution in [2.45, 2.75) is 26.4 Å². The Bertz CT molecular complexity index is 404. The largest absolute Gasteiger partial charge is 0.484 e. The van der Waals surface area contributed by atoms with Gasteiger partial charge in [0.2, 0.25) is 0 Å². The van der Waals surface area contributed by atoms with Crippen LogP contribution in [0.3, 0.4) is 0 Å². The summed E-state index contributed by atoms with van der Waals surface area (Å²) in [6.07, 6.45) is 0. The van der Waals surface area contributed by atoms with E-state index in [9.17, 15) is 4.79 Å². The zero-order valence-corrected chi connectivity index (χ0v) is 12.5. The molecule has 0 atom stereocenters. The standard InChI is InChI=1S/C15H24N2O3/c1-12(2)17(8-9-19-3)15(18)11-20-14-6-4-13(10-16)5-7-14/h4-7,12H,8-11,16H2,1-3H3. The fourth-order valence-corrected chi connectivity index (χ4v) is 1.81. The normalized spacial score (nSPS) is 10.7. The highest BCUT2D eigenvalue weighted by Crippen LogP contribution is 2.12. The molecule has 5 heteroatoms. The van der Waals surface area contributed by atoms with Crippen LogP contribution in [-0.4, -0.2) is 43.7 Å². The Morgan fingerprint density at radius 2 is 1.95 bits per heavy atom. The fourth-order valence-electron chi connectivity index (χ4n) is 1.81. The molecule has 0 saturated carbocycles. The van der Waals surface area contributed by atoms with Gasteiger partial charge in [-0.1, -0.05) is 12.1 Å². The third kappa shape index (κ3) is 5.19. The van der Waals surface area contributed by atoms with E-state index in [4.69, 9.17) is 15.2 Å². The van der Waals surface area contributed by atoms with Crippen molar-refractivity contribution >= 4 is 5.91 Å². The van der Waals surface area contributed by atoms with Crippen LogP contribution in [0.2, 0.25) is 0 Å². The SMILES string of the molecule is COCCN(C(=O)COc1ccc(CN)cc1)C(C)C. The van der Waals surface area contributed by atoms with Gasteiger partial charge in [-0.25, -0.2) is 0 Å². The van der Waals surface area contributed by atoms with Gasteiger partial charge < -0.3 is 20.1 Å². The molecular weight excluding hydrogens is 256 g/mol. The zero-order chi connectivity index (χ0) is 15.0. The van der Waals surface area contributed by atoms with Crippen LogP contribution < -0.4 is 10.5 Å². The Hall–Kier alpha value is -1.59. The lowest BCUT2D eigenvalue weighted by Gasteiger charge is -2.26. The molecule has 0 spiro atoms. The van der Waals surface area contributed by atoms with Crippen LogP contribution in [0.1, 0.15) is 19.4 Å². The number of benzene rings is 1. The van der Waals surface area contributed by atoms with Crippen molar-refractivity contribution in [1.82, 2.24) is 4.90 Å². The summed E-state index contributed by atoms with van der Waals surface area (Å²) >= 11 is 0. The van der Waals surface area contributed by atoms with E-state index in [-0.39, 0.29) is 18.6 Å². The summed E-state index contributed by atoms with van der Waals surface area (Å²) in [6, 6.07) is 7.56. The molecular formula is C15H24N2O3. The first kappa shape index (κ1) is 16.5. The van der Waals surface area contributed by atoms with E-state index in [0.29, 0.717) is 25.4 Å². The van der Waals surface area contributed by atoms with Crippen LogP contribution in [-0.2, 0) is 16.1 Å². The smallest absolute Gasteiger partial charge is 0.260 e. The van der Waals surface area contributed by atoms with Gasteiger partial charge in [-0.2, -0.15) is 0 Å². The highest BCUT2D eigenvalue weighted by Gasteiger charge is 2.16. The van der Waals surface area contributed by atoms with E-state index in [1.54, 1.807) is 12.0 Å². The topological polar surface area (TPSA) is 64.8 Å². The van der Waals surface area contributed by atoms with Crippen molar-refractivity contribution in [3.8, 4) is 5.75 Å². The highest BCUT2D eigenvalue weighted by atomic mass is 16.5. The Kier molecular flexibility index (Phi) is 7.04. The van der Waals surface area contributed by atoms with Gasteiger partial charge in [0.25, 0.3) is 5.91 Å². The Balaban J connectivity index is 2.50. The molecule has 1 amide bonds. The molecule has 0 aromatic heterocycles. The second-order valence-electron chi connectivity index (χ2n) is 4.81. The number of carbonyl (C=O) groups excluding carboxylic acids is 1. The number of amides is 1. The average Bonchev–Trinajstić information content (AvgIpc) is 2.45.